The SMILES string of the molecule is O=C(O)C1CCN(C(=O)NCc2ccc(Cl)cc2F)C1. The molecule has 2 N–H and O–H groups in total. The Morgan fingerprint density at radius 1 is 1.50 bits per heavy atom. The van der Waals surface area contributed by atoms with Gasteiger partial charge in [0, 0.05) is 30.2 Å². The number of amides is 2. The molecule has 2 rings (SSSR count). The van der Waals surface area contributed by atoms with E-state index < -0.39 is 17.7 Å². The summed E-state index contributed by atoms with van der Waals surface area (Å²) in [4.78, 5) is 24.1. The fourth-order valence-corrected chi connectivity index (χ4v) is 2.25. The first-order chi connectivity index (χ1) is 9.47. The number of urea groups is 1. The first-order valence-corrected chi connectivity index (χ1v) is 6.54. The number of hydrogen-bond acceptors (Lipinski definition) is 2. The van der Waals surface area contributed by atoms with E-state index in [1.165, 1.54) is 17.0 Å². The summed E-state index contributed by atoms with van der Waals surface area (Å²) in [5.41, 5.74) is 0.330. The highest BCUT2D eigenvalue weighted by atomic mass is 35.5. The van der Waals surface area contributed by atoms with Crippen LogP contribution in [-0.4, -0.2) is 35.1 Å². The Kier molecular flexibility index (Phi) is 4.44. The highest BCUT2D eigenvalue weighted by Crippen LogP contribution is 2.17. The minimum absolute atomic E-state index is 0.0378. The third kappa shape index (κ3) is 3.39. The van der Waals surface area contributed by atoms with Crippen LogP contribution in [0.2, 0.25) is 5.02 Å². The lowest BCUT2D eigenvalue weighted by molar-refractivity contribution is -0.141. The summed E-state index contributed by atoms with van der Waals surface area (Å²) in [7, 11) is 0. The van der Waals surface area contributed by atoms with Crippen LogP contribution in [0, 0.1) is 11.7 Å². The van der Waals surface area contributed by atoms with Crippen LogP contribution in [0.1, 0.15) is 12.0 Å². The molecule has 0 spiro atoms. The van der Waals surface area contributed by atoms with Gasteiger partial charge in [0.05, 0.1) is 5.92 Å². The molecule has 20 heavy (non-hydrogen) atoms. The van der Waals surface area contributed by atoms with E-state index in [0.717, 1.165) is 0 Å². The fourth-order valence-electron chi connectivity index (χ4n) is 2.09. The fraction of sp³-hybridized carbons (Fsp3) is 0.385. The number of aliphatic carboxylic acids is 1. The molecule has 1 unspecified atom stereocenters. The summed E-state index contributed by atoms with van der Waals surface area (Å²) in [6, 6.07) is 3.84. The smallest absolute Gasteiger partial charge is 0.317 e. The minimum Gasteiger partial charge on any atom is -0.481 e. The van der Waals surface area contributed by atoms with Crippen molar-refractivity contribution < 1.29 is 19.1 Å². The van der Waals surface area contributed by atoms with Crippen molar-refractivity contribution in [3.63, 3.8) is 0 Å². The molecule has 1 aliphatic heterocycles. The number of carboxylic acids is 1. The van der Waals surface area contributed by atoms with Gasteiger partial charge in [-0.3, -0.25) is 4.79 Å². The maximum atomic E-state index is 13.5. The summed E-state index contributed by atoms with van der Waals surface area (Å²) in [6.07, 6.45) is 0.443. The third-order valence-corrected chi connectivity index (χ3v) is 3.50. The van der Waals surface area contributed by atoms with E-state index in [2.05, 4.69) is 5.32 Å². The molecular weight excluding hydrogens is 287 g/mol. The first-order valence-electron chi connectivity index (χ1n) is 6.17. The Bertz CT molecular complexity index is 538. The van der Waals surface area contributed by atoms with E-state index in [-0.39, 0.29) is 19.1 Å². The Labute approximate surface area is 120 Å². The summed E-state index contributed by atoms with van der Waals surface area (Å²) >= 11 is 5.64. The molecule has 0 aromatic heterocycles. The second-order valence-electron chi connectivity index (χ2n) is 4.66. The summed E-state index contributed by atoms with van der Waals surface area (Å²) in [6.45, 7) is 0.617. The van der Waals surface area contributed by atoms with Crippen molar-refractivity contribution in [3.8, 4) is 0 Å². The molecule has 0 saturated carbocycles. The number of nitrogens with one attached hydrogen (secondary N) is 1. The monoisotopic (exact) mass is 300 g/mol. The Balaban J connectivity index is 1.88. The molecule has 0 aliphatic carbocycles. The van der Waals surface area contributed by atoms with E-state index in [9.17, 15) is 14.0 Å². The minimum atomic E-state index is -0.899. The van der Waals surface area contributed by atoms with Crippen LogP contribution in [0.4, 0.5) is 9.18 Å². The van der Waals surface area contributed by atoms with Crippen LogP contribution < -0.4 is 5.32 Å². The molecule has 0 bridgehead atoms. The standard InChI is InChI=1S/C13H14ClFN2O3/c14-10-2-1-8(11(15)5-10)6-16-13(20)17-4-3-9(7-17)12(18)19/h1-2,5,9H,3-4,6-7H2,(H,16,20)(H,18,19). The highest BCUT2D eigenvalue weighted by Gasteiger charge is 2.30. The van der Waals surface area contributed by atoms with Crippen molar-refractivity contribution in [2.75, 3.05) is 13.1 Å². The lowest BCUT2D eigenvalue weighted by Crippen LogP contribution is -2.38. The van der Waals surface area contributed by atoms with Crippen LogP contribution in [-0.2, 0) is 11.3 Å². The van der Waals surface area contributed by atoms with Gasteiger partial charge in [-0.2, -0.15) is 0 Å². The topological polar surface area (TPSA) is 69.6 Å². The molecule has 0 radical (unpaired) electrons. The molecule has 1 aliphatic rings. The molecule has 7 heteroatoms. The van der Waals surface area contributed by atoms with E-state index in [1.807, 2.05) is 0 Å². The average Bonchev–Trinajstić information content (AvgIpc) is 2.87. The van der Waals surface area contributed by atoms with Crippen molar-refractivity contribution in [1.82, 2.24) is 10.2 Å². The molecular formula is C13H14ClFN2O3. The predicted molar refractivity (Wildman–Crippen MR) is 71.0 cm³/mol. The number of likely N-dealkylation sites (tertiary alicyclic amines) is 1. The van der Waals surface area contributed by atoms with E-state index in [0.29, 0.717) is 23.6 Å². The van der Waals surface area contributed by atoms with E-state index in [1.54, 1.807) is 6.07 Å². The van der Waals surface area contributed by atoms with Gasteiger partial charge in [-0.15, -0.1) is 0 Å². The molecule has 1 aromatic rings. The van der Waals surface area contributed by atoms with E-state index >= 15 is 0 Å². The summed E-state index contributed by atoms with van der Waals surface area (Å²) < 4.78 is 13.5. The van der Waals surface area contributed by atoms with Gasteiger partial charge >= 0.3 is 12.0 Å². The van der Waals surface area contributed by atoms with Gasteiger partial charge in [-0.1, -0.05) is 17.7 Å². The Morgan fingerprint density at radius 3 is 2.85 bits per heavy atom. The number of carbonyl (C=O) groups excluding carboxylic acids is 1. The summed E-state index contributed by atoms with van der Waals surface area (Å²) in [5.74, 6) is -1.90. The van der Waals surface area contributed by atoms with Gasteiger partial charge in [0.15, 0.2) is 0 Å². The number of benzene rings is 1. The molecule has 1 atom stereocenters. The van der Waals surface area contributed by atoms with Gasteiger partial charge in [0.25, 0.3) is 0 Å². The molecule has 1 heterocycles. The third-order valence-electron chi connectivity index (χ3n) is 3.27. The predicted octanol–water partition coefficient (Wildman–Crippen LogP) is 2.10. The molecule has 1 saturated heterocycles. The number of halogens is 2. The second kappa shape index (κ2) is 6.09. The van der Waals surface area contributed by atoms with Crippen LogP contribution in [0.25, 0.3) is 0 Å². The van der Waals surface area contributed by atoms with Gasteiger partial charge < -0.3 is 15.3 Å². The Morgan fingerprint density at radius 2 is 2.25 bits per heavy atom. The second-order valence-corrected chi connectivity index (χ2v) is 5.10. The number of nitrogens with zero attached hydrogens (tertiary/aromatic N) is 1. The van der Waals surface area contributed by atoms with Crippen molar-refractivity contribution >= 4 is 23.6 Å². The van der Waals surface area contributed by atoms with Crippen LogP contribution in [0.3, 0.4) is 0 Å². The van der Waals surface area contributed by atoms with Crippen molar-refractivity contribution in [3.05, 3.63) is 34.6 Å². The molecule has 2 amide bonds. The van der Waals surface area contributed by atoms with E-state index in [4.69, 9.17) is 16.7 Å². The zero-order chi connectivity index (χ0) is 14.7. The summed E-state index contributed by atoms with van der Waals surface area (Å²) in [5, 5.41) is 11.7. The molecule has 1 fully saturated rings. The van der Waals surface area contributed by atoms with Gasteiger partial charge in [0.2, 0.25) is 0 Å². The number of carboxylic acid groups (broad SMARTS) is 1. The lowest BCUT2D eigenvalue weighted by atomic mass is 10.1. The molecule has 1 aromatic carbocycles. The van der Waals surface area contributed by atoms with Crippen molar-refractivity contribution in [1.29, 1.82) is 0 Å². The van der Waals surface area contributed by atoms with Crippen molar-refractivity contribution in [2.24, 2.45) is 5.92 Å². The zero-order valence-electron chi connectivity index (χ0n) is 10.6. The van der Waals surface area contributed by atoms with Crippen LogP contribution >= 0.6 is 11.6 Å². The van der Waals surface area contributed by atoms with Gasteiger partial charge in [-0.05, 0) is 18.6 Å². The van der Waals surface area contributed by atoms with Gasteiger partial charge in [-0.25, -0.2) is 9.18 Å². The first kappa shape index (κ1) is 14.6. The molecule has 5 nitrogen and oxygen atoms in total. The number of rotatable bonds is 3. The number of hydrogen-bond donors (Lipinski definition) is 2. The Hall–Kier alpha value is -1.82. The molecule has 108 valence electrons. The maximum absolute atomic E-state index is 13.5. The maximum Gasteiger partial charge on any atom is 0.317 e. The van der Waals surface area contributed by atoms with Gasteiger partial charge in [0.1, 0.15) is 5.82 Å². The van der Waals surface area contributed by atoms with Crippen LogP contribution in [0.5, 0.6) is 0 Å². The quantitative estimate of drug-likeness (QED) is 0.898. The average molecular weight is 301 g/mol. The highest BCUT2D eigenvalue weighted by molar-refractivity contribution is 6.30. The zero-order valence-corrected chi connectivity index (χ0v) is 11.4. The van der Waals surface area contributed by atoms with Crippen LogP contribution in [0.15, 0.2) is 18.2 Å². The van der Waals surface area contributed by atoms with Crippen molar-refractivity contribution in [2.45, 2.75) is 13.0 Å². The number of carbonyl (C=O) groups is 2. The normalized spacial score (nSPS) is 18.1. The lowest BCUT2D eigenvalue weighted by Gasteiger charge is -2.17. The largest absolute Gasteiger partial charge is 0.481 e.